The van der Waals surface area contributed by atoms with Crippen LogP contribution in [0, 0.1) is 11.8 Å². The summed E-state index contributed by atoms with van der Waals surface area (Å²) in [6.07, 6.45) is 6.95. The number of carbonyl (C=O) groups excluding carboxylic acids is 2. The van der Waals surface area contributed by atoms with Crippen molar-refractivity contribution in [3.8, 4) is 0 Å². The number of hydrogen-bond donors (Lipinski definition) is 2. The molecule has 0 spiro atoms. The Labute approximate surface area is 141 Å². The number of nitrogens with two attached hydrogens (primary N) is 1. The smallest absolute Gasteiger partial charge is 0.273 e. The Morgan fingerprint density at radius 2 is 2.00 bits per heavy atom. The lowest BCUT2D eigenvalue weighted by Gasteiger charge is -2.45. The molecule has 0 radical (unpaired) electrons. The van der Waals surface area contributed by atoms with Crippen molar-refractivity contribution < 1.29 is 9.59 Å². The van der Waals surface area contributed by atoms with E-state index in [9.17, 15) is 9.59 Å². The lowest BCUT2D eigenvalue weighted by Crippen LogP contribution is -2.53. The van der Waals surface area contributed by atoms with Gasteiger partial charge in [0, 0.05) is 26.2 Å². The predicted molar refractivity (Wildman–Crippen MR) is 88.0 cm³/mol. The molecule has 8 nitrogen and oxygen atoms in total. The van der Waals surface area contributed by atoms with Gasteiger partial charge in [-0.2, -0.15) is 0 Å². The molecule has 1 aromatic rings. The Bertz CT molecular complexity index is 599. The summed E-state index contributed by atoms with van der Waals surface area (Å²) in [5.74, 6) is 0.613. The van der Waals surface area contributed by atoms with Gasteiger partial charge in [0.25, 0.3) is 5.91 Å². The van der Waals surface area contributed by atoms with Gasteiger partial charge >= 0.3 is 0 Å². The summed E-state index contributed by atoms with van der Waals surface area (Å²) in [4.78, 5) is 25.7. The third kappa shape index (κ3) is 3.58. The molecule has 8 heteroatoms. The van der Waals surface area contributed by atoms with Crippen molar-refractivity contribution in [1.29, 1.82) is 0 Å². The average molecular weight is 334 g/mol. The Morgan fingerprint density at radius 1 is 1.33 bits per heavy atom. The van der Waals surface area contributed by atoms with E-state index in [1.807, 2.05) is 0 Å². The minimum Gasteiger partial charge on any atom is -0.347 e. The first-order valence-corrected chi connectivity index (χ1v) is 8.60. The van der Waals surface area contributed by atoms with Gasteiger partial charge in [-0.05, 0) is 37.5 Å². The SMILES string of the molecule is CN(C)C(=O)Cn1cc(C(=O)NC2C3CCCC2CC(N)C3)nn1. The zero-order valence-corrected chi connectivity index (χ0v) is 14.3. The first-order chi connectivity index (χ1) is 11.4. The molecule has 1 heterocycles. The van der Waals surface area contributed by atoms with E-state index in [-0.39, 0.29) is 36.1 Å². The van der Waals surface area contributed by atoms with Gasteiger partial charge in [0.1, 0.15) is 6.54 Å². The summed E-state index contributed by atoms with van der Waals surface area (Å²) >= 11 is 0. The Morgan fingerprint density at radius 3 is 2.62 bits per heavy atom. The second-order valence-electron chi connectivity index (χ2n) is 7.27. The molecule has 132 valence electrons. The van der Waals surface area contributed by atoms with Gasteiger partial charge in [0.2, 0.25) is 5.91 Å². The van der Waals surface area contributed by atoms with E-state index >= 15 is 0 Å². The van der Waals surface area contributed by atoms with Crippen molar-refractivity contribution >= 4 is 11.8 Å². The number of carbonyl (C=O) groups is 2. The van der Waals surface area contributed by atoms with Crippen LogP contribution in [0.15, 0.2) is 6.20 Å². The largest absolute Gasteiger partial charge is 0.347 e. The fourth-order valence-electron chi connectivity index (χ4n) is 4.01. The second-order valence-corrected chi connectivity index (χ2v) is 7.27. The molecule has 3 N–H and O–H groups in total. The van der Waals surface area contributed by atoms with Crippen LogP contribution in [-0.4, -0.2) is 57.9 Å². The molecule has 2 atom stereocenters. The quantitative estimate of drug-likeness (QED) is 0.806. The monoisotopic (exact) mass is 334 g/mol. The average Bonchev–Trinajstić information content (AvgIpc) is 2.96. The molecule has 2 saturated carbocycles. The van der Waals surface area contributed by atoms with Gasteiger partial charge in [0.05, 0.1) is 6.20 Å². The Kier molecular flexibility index (Phi) is 4.84. The predicted octanol–water partition coefficient (Wildman–Crippen LogP) is 0.00210. The summed E-state index contributed by atoms with van der Waals surface area (Å²) in [6.45, 7) is 0.0802. The first-order valence-electron chi connectivity index (χ1n) is 8.60. The highest BCUT2D eigenvalue weighted by Crippen LogP contribution is 2.39. The fraction of sp³-hybridized carbons (Fsp3) is 0.750. The van der Waals surface area contributed by atoms with Gasteiger partial charge in [-0.25, -0.2) is 4.68 Å². The number of aromatic nitrogens is 3. The van der Waals surface area contributed by atoms with Crippen LogP contribution in [0.3, 0.4) is 0 Å². The van der Waals surface area contributed by atoms with E-state index in [1.54, 1.807) is 14.1 Å². The molecule has 2 fully saturated rings. The van der Waals surface area contributed by atoms with Gasteiger partial charge in [-0.3, -0.25) is 9.59 Å². The van der Waals surface area contributed by atoms with Crippen molar-refractivity contribution in [2.45, 2.75) is 50.7 Å². The summed E-state index contributed by atoms with van der Waals surface area (Å²) in [5, 5.41) is 10.9. The number of likely N-dealkylation sites (N-methyl/N-ethyl adjacent to an activating group) is 1. The van der Waals surface area contributed by atoms with E-state index in [0.717, 1.165) is 25.7 Å². The molecule has 24 heavy (non-hydrogen) atoms. The van der Waals surface area contributed by atoms with Gasteiger partial charge in [-0.1, -0.05) is 11.6 Å². The molecule has 0 saturated heterocycles. The van der Waals surface area contributed by atoms with E-state index < -0.39 is 0 Å². The van der Waals surface area contributed by atoms with E-state index in [0.29, 0.717) is 11.8 Å². The maximum Gasteiger partial charge on any atom is 0.273 e. The standard InChI is InChI=1S/C16H26N6O2/c1-21(2)14(23)9-22-8-13(19-20-22)16(24)18-15-10-4-3-5-11(15)7-12(17)6-10/h8,10-12,15H,3-7,9,17H2,1-2H3,(H,18,24). The molecule has 2 aliphatic carbocycles. The first kappa shape index (κ1) is 16.9. The molecule has 3 rings (SSSR count). The topological polar surface area (TPSA) is 106 Å². The lowest BCUT2D eigenvalue weighted by atomic mass is 9.67. The molecule has 2 unspecified atom stereocenters. The van der Waals surface area contributed by atoms with E-state index in [2.05, 4.69) is 15.6 Å². The summed E-state index contributed by atoms with van der Waals surface area (Å²) in [5.41, 5.74) is 6.39. The third-order valence-corrected chi connectivity index (χ3v) is 5.24. The minimum absolute atomic E-state index is 0.0802. The molecule has 0 aromatic carbocycles. The maximum atomic E-state index is 12.5. The van der Waals surface area contributed by atoms with Crippen LogP contribution >= 0.6 is 0 Å². The van der Waals surface area contributed by atoms with Crippen LogP contribution in [0.5, 0.6) is 0 Å². The highest BCUT2D eigenvalue weighted by Gasteiger charge is 2.40. The molecule has 2 bridgehead atoms. The van der Waals surface area contributed by atoms with Crippen LogP contribution < -0.4 is 11.1 Å². The minimum atomic E-state index is -0.212. The third-order valence-electron chi connectivity index (χ3n) is 5.24. The second kappa shape index (κ2) is 6.88. The van der Waals surface area contributed by atoms with Crippen molar-refractivity contribution in [2.75, 3.05) is 14.1 Å². The van der Waals surface area contributed by atoms with Crippen LogP contribution in [0.25, 0.3) is 0 Å². The number of nitrogens with zero attached hydrogens (tertiary/aromatic N) is 4. The van der Waals surface area contributed by atoms with E-state index in [1.165, 1.54) is 22.2 Å². The van der Waals surface area contributed by atoms with Crippen molar-refractivity contribution in [3.63, 3.8) is 0 Å². The maximum absolute atomic E-state index is 12.5. The van der Waals surface area contributed by atoms with Gasteiger partial charge < -0.3 is 16.0 Å². The highest BCUT2D eigenvalue weighted by atomic mass is 16.2. The van der Waals surface area contributed by atoms with Crippen LogP contribution in [-0.2, 0) is 11.3 Å². The number of nitrogens with one attached hydrogen (secondary N) is 1. The number of rotatable bonds is 4. The fourth-order valence-corrected chi connectivity index (χ4v) is 4.01. The van der Waals surface area contributed by atoms with Crippen molar-refractivity contribution in [2.24, 2.45) is 17.6 Å². The molecule has 0 aliphatic heterocycles. The van der Waals surface area contributed by atoms with Gasteiger partial charge in [0.15, 0.2) is 5.69 Å². The zero-order chi connectivity index (χ0) is 17.3. The van der Waals surface area contributed by atoms with Crippen molar-refractivity contribution in [3.05, 3.63) is 11.9 Å². The lowest BCUT2D eigenvalue weighted by molar-refractivity contribution is -0.129. The normalized spacial score (nSPS) is 29.1. The molecular weight excluding hydrogens is 308 g/mol. The van der Waals surface area contributed by atoms with Crippen LogP contribution in [0.1, 0.15) is 42.6 Å². The molecule has 2 aliphatic rings. The summed E-state index contributed by atoms with van der Waals surface area (Å²) in [6, 6.07) is 0.436. The summed E-state index contributed by atoms with van der Waals surface area (Å²) in [7, 11) is 3.36. The van der Waals surface area contributed by atoms with Crippen LogP contribution in [0.2, 0.25) is 0 Å². The van der Waals surface area contributed by atoms with Crippen LogP contribution in [0.4, 0.5) is 0 Å². The molecular formula is C16H26N6O2. The van der Waals surface area contributed by atoms with E-state index in [4.69, 9.17) is 5.73 Å². The molecule has 2 amide bonds. The van der Waals surface area contributed by atoms with Gasteiger partial charge in [-0.15, -0.1) is 5.10 Å². The number of fused-ring (bicyclic) bond motifs is 2. The highest BCUT2D eigenvalue weighted by molar-refractivity contribution is 5.92. The Balaban J connectivity index is 1.63. The Hall–Kier alpha value is -1.96. The number of hydrogen-bond acceptors (Lipinski definition) is 5. The number of amides is 2. The zero-order valence-electron chi connectivity index (χ0n) is 14.3. The summed E-state index contributed by atoms with van der Waals surface area (Å²) < 4.78 is 1.40. The van der Waals surface area contributed by atoms with Crippen molar-refractivity contribution in [1.82, 2.24) is 25.2 Å². The molecule has 1 aromatic heterocycles.